The topological polar surface area (TPSA) is 86.5 Å². The summed E-state index contributed by atoms with van der Waals surface area (Å²) in [6.45, 7) is 1.67. The molecule has 0 saturated carbocycles. The van der Waals surface area contributed by atoms with Crippen molar-refractivity contribution in [3.8, 4) is 0 Å². The number of nitrogens with two attached hydrogens (primary N) is 1. The lowest BCUT2D eigenvalue weighted by atomic mass is 10.1. The minimum Gasteiger partial charge on any atom is -0.367 e. The van der Waals surface area contributed by atoms with Crippen LogP contribution in [0.2, 0.25) is 5.02 Å². The zero-order chi connectivity index (χ0) is 16.8. The zero-order valence-electron chi connectivity index (χ0n) is 11.9. The van der Waals surface area contributed by atoms with E-state index in [-0.39, 0.29) is 4.21 Å². The first-order valence-corrected chi connectivity index (χ1v) is 9.17. The second-order valence-electron chi connectivity index (χ2n) is 5.07. The van der Waals surface area contributed by atoms with Crippen molar-refractivity contribution in [3.63, 3.8) is 0 Å². The van der Waals surface area contributed by atoms with Gasteiger partial charge < -0.3 is 5.73 Å². The first-order chi connectivity index (χ1) is 10.8. The van der Waals surface area contributed by atoms with E-state index >= 15 is 0 Å². The Balaban J connectivity index is 2.10. The maximum atomic E-state index is 12.7. The SMILES string of the molecule is Cc1c(S(=O)(=O)OC2(C(N)=O)C=CC=C2)sc2ccc(Cl)cc12. The molecule has 5 nitrogen and oxygen atoms in total. The van der Waals surface area contributed by atoms with Crippen LogP contribution < -0.4 is 5.73 Å². The van der Waals surface area contributed by atoms with Gasteiger partial charge >= 0.3 is 10.1 Å². The molecule has 0 atom stereocenters. The van der Waals surface area contributed by atoms with Gasteiger partial charge in [-0.05, 0) is 48.2 Å². The lowest BCUT2D eigenvalue weighted by Crippen LogP contribution is -2.43. The molecule has 3 rings (SSSR count). The normalized spacial score (nSPS) is 16.3. The molecule has 1 aliphatic carbocycles. The van der Waals surface area contributed by atoms with Gasteiger partial charge in [0.1, 0.15) is 0 Å². The Bertz CT molecular complexity index is 961. The van der Waals surface area contributed by atoms with E-state index < -0.39 is 21.6 Å². The number of hydrogen-bond acceptors (Lipinski definition) is 5. The van der Waals surface area contributed by atoms with Crippen LogP contribution in [0.1, 0.15) is 5.56 Å². The molecule has 0 unspecified atom stereocenters. The summed E-state index contributed by atoms with van der Waals surface area (Å²) in [6, 6.07) is 5.12. The van der Waals surface area contributed by atoms with E-state index in [0.717, 1.165) is 21.4 Å². The standard InChI is InChI=1S/C15H12ClNO4S2/c1-9-11-8-10(16)4-5-12(11)22-13(9)23(19,20)21-15(14(17)18)6-2-3-7-15/h2-8H,1H3,(H2,17,18). The van der Waals surface area contributed by atoms with E-state index in [9.17, 15) is 13.2 Å². The van der Waals surface area contributed by atoms with Crippen molar-refractivity contribution >= 4 is 49.0 Å². The number of allylic oxidation sites excluding steroid dienone is 2. The number of benzene rings is 1. The van der Waals surface area contributed by atoms with E-state index in [0.29, 0.717) is 10.6 Å². The average Bonchev–Trinajstić information content (AvgIpc) is 3.05. The van der Waals surface area contributed by atoms with Crippen LogP contribution in [-0.2, 0) is 19.1 Å². The van der Waals surface area contributed by atoms with Crippen molar-refractivity contribution in [2.24, 2.45) is 5.73 Å². The van der Waals surface area contributed by atoms with Crippen LogP contribution >= 0.6 is 22.9 Å². The number of aryl methyl sites for hydroxylation is 1. The van der Waals surface area contributed by atoms with Crippen molar-refractivity contribution in [1.82, 2.24) is 0 Å². The number of hydrogen-bond donors (Lipinski definition) is 1. The van der Waals surface area contributed by atoms with Crippen molar-refractivity contribution < 1.29 is 17.4 Å². The Labute approximate surface area is 142 Å². The van der Waals surface area contributed by atoms with Gasteiger partial charge in [0, 0.05) is 9.72 Å². The molecule has 1 aliphatic rings. The lowest BCUT2D eigenvalue weighted by Gasteiger charge is -2.20. The van der Waals surface area contributed by atoms with Gasteiger partial charge in [0.25, 0.3) is 5.91 Å². The van der Waals surface area contributed by atoms with Crippen molar-refractivity contribution in [2.75, 3.05) is 0 Å². The number of amides is 1. The molecule has 120 valence electrons. The zero-order valence-corrected chi connectivity index (χ0v) is 14.3. The molecule has 0 bridgehead atoms. The first kappa shape index (κ1) is 16.2. The number of fused-ring (bicyclic) bond motifs is 1. The molecular weight excluding hydrogens is 358 g/mol. The van der Waals surface area contributed by atoms with Crippen LogP contribution in [0.5, 0.6) is 0 Å². The van der Waals surface area contributed by atoms with Gasteiger partial charge in [-0.2, -0.15) is 8.42 Å². The van der Waals surface area contributed by atoms with Gasteiger partial charge in [-0.1, -0.05) is 23.8 Å². The number of carbonyl (C=O) groups is 1. The number of thiophene rings is 1. The van der Waals surface area contributed by atoms with Crippen LogP contribution in [0, 0.1) is 6.92 Å². The second-order valence-corrected chi connectivity index (χ2v) is 8.30. The number of carbonyl (C=O) groups excluding carboxylic acids is 1. The van der Waals surface area contributed by atoms with Gasteiger partial charge in [-0.25, -0.2) is 4.18 Å². The summed E-state index contributed by atoms with van der Waals surface area (Å²) >= 11 is 7.02. The number of rotatable bonds is 4. The van der Waals surface area contributed by atoms with E-state index in [2.05, 4.69) is 0 Å². The molecule has 0 fully saturated rings. The Hall–Kier alpha value is -1.67. The molecule has 2 N–H and O–H groups in total. The molecule has 0 aliphatic heterocycles. The van der Waals surface area contributed by atoms with Crippen molar-refractivity contribution in [2.45, 2.75) is 16.7 Å². The quantitative estimate of drug-likeness (QED) is 0.839. The minimum atomic E-state index is -4.18. The summed E-state index contributed by atoms with van der Waals surface area (Å²) < 4.78 is 31.3. The van der Waals surface area contributed by atoms with Gasteiger partial charge in [0.15, 0.2) is 4.21 Å². The summed E-state index contributed by atoms with van der Waals surface area (Å²) in [5.41, 5.74) is 4.05. The molecule has 8 heteroatoms. The van der Waals surface area contributed by atoms with Gasteiger partial charge in [-0.3, -0.25) is 4.79 Å². The first-order valence-electron chi connectivity index (χ1n) is 6.56. The molecule has 2 aromatic rings. The summed E-state index contributed by atoms with van der Waals surface area (Å²) in [5.74, 6) is -0.895. The fourth-order valence-corrected chi connectivity index (χ4v) is 5.33. The maximum absolute atomic E-state index is 12.7. The summed E-state index contributed by atoms with van der Waals surface area (Å²) in [7, 11) is -4.18. The van der Waals surface area contributed by atoms with Crippen molar-refractivity contribution in [1.29, 1.82) is 0 Å². The van der Waals surface area contributed by atoms with E-state index in [4.69, 9.17) is 21.5 Å². The second kappa shape index (κ2) is 5.45. The molecule has 1 amide bonds. The van der Waals surface area contributed by atoms with E-state index in [1.165, 1.54) is 24.3 Å². The molecule has 0 spiro atoms. The van der Waals surface area contributed by atoms with E-state index in [1.54, 1.807) is 25.1 Å². The predicted molar refractivity (Wildman–Crippen MR) is 90.0 cm³/mol. The highest BCUT2D eigenvalue weighted by Gasteiger charge is 2.41. The number of primary amides is 1. The Morgan fingerprint density at radius 1 is 1.30 bits per heavy atom. The van der Waals surface area contributed by atoms with E-state index in [1.807, 2.05) is 0 Å². The fourth-order valence-electron chi connectivity index (χ4n) is 2.34. The smallest absolute Gasteiger partial charge is 0.308 e. The number of halogens is 1. The Kier molecular flexibility index (Phi) is 3.84. The highest BCUT2D eigenvalue weighted by atomic mass is 35.5. The lowest BCUT2D eigenvalue weighted by molar-refractivity contribution is -0.126. The molecular formula is C15H12ClNO4S2. The fraction of sp³-hybridized carbons (Fsp3) is 0.133. The molecule has 0 radical (unpaired) electrons. The molecule has 23 heavy (non-hydrogen) atoms. The third-order valence-corrected chi connectivity index (χ3v) is 6.93. The third-order valence-electron chi connectivity index (χ3n) is 3.51. The summed E-state index contributed by atoms with van der Waals surface area (Å²) in [4.78, 5) is 11.7. The van der Waals surface area contributed by atoms with Crippen LogP contribution in [0.25, 0.3) is 10.1 Å². The van der Waals surface area contributed by atoms with Crippen LogP contribution in [-0.4, -0.2) is 19.9 Å². The average molecular weight is 370 g/mol. The van der Waals surface area contributed by atoms with Crippen LogP contribution in [0.15, 0.2) is 46.7 Å². The summed E-state index contributed by atoms with van der Waals surface area (Å²) in [6.07, 6.45) is 5.65. The van der Waals surface area contributed by atoms with Gasteiger partial charge in [-0.15, -0.1) is 11.3 Å². The van der Waals surface area contributed by atoms with Crippen molar-refractivity contribution in [3.05, 3.63) is 53.1 Å². The monoisotopic (exact) mass is 369 g/mol. The van der Waals surface area contributed by atoms with Gasteiger partial charge in [0.05, 0.1) is 0 Å². The highest BCUT2D eigenvalue weighted by molar-refractivity contribution is 7.89. The third kappa shape index (κ3) is 2.70. The van der Waals surface area contributed by atoms with Crippen LogP contribution in [0.3, 0.4) is 0 Å². The Morgan fingerprint density at radius 2 is 1.96 bits per heavy atom. The maximum Gasteiger partial charge on any atom is 0.308 e. The highest BCUT2D eigenvalue weighted by Crippen LogP contribution is 2.38. The Morgan fingerprint density at radius 3 is 2.57 bits per heavy atom. The van der Waals surface area contributed by atoms with Crippen LogP contribution in [0.4, 0.5) is 0 Å². The largest absolute Gasteiger partial charge is 0.367 e. The molecule has 1 aromatic heterocycles. The molecule has 1 aromatic carbocycles. The predicted octanol–water partition coefficient (Wildman–Crippen LogP) is 2.92. The molecule has 1 heterocycles. The minimum absolute atomic E-state index is 0.0316. The molecule has 0 saturated heterocycles. The van der Waals surface area contributed by atoms with Gasteiger partial charge in [0.2, 0.25) is 5.60 Å². The summed E-state index contributed by atoms with van der Waals surface area (Å²) in [5, 5.41) is 1.24.